The van der Waals surface area contributed by atoms with Crippen molar-refractivity contribution in [3.63, 3.8) is 0 Å². The van der Waals surface area contributed by atoms with E-state index in [1.807, 2.05) is 0 Å². The summed E-state index contributed by atoms with van der Waals surface area (Å²) in [7, 11) is 0. The third-order valence-corrected chi connectivity index (χ3v) is 5.46. The van der Waals surface area contributed by atoms with E-state index in [4.69, 9.17) is 0 Å². The molecule has 2 atom stereocenters. The number of H-pyrrole nitrogens is 1. The number of amides is 1. The van der Waals surface area contributed by atoms with Crippen molar-refractivity contribution >= 4 is 16.8 Å². The quantitative estimate of drug-likeness (QED) is 0.565. The molecule has 1 amide bonds. The van der Waals surface area contributed by atoms with Gasteiger partial charge in [-0.2, -0.15) is 0 Å². The van der Waals surface area contributed by atoms with Crippen LogP contribution < -0.4 is 16.6 Å². The summed E-state index contributed by atoms with van der Waals surface area (Å²) in [6.07, 6.45) is 2.44. The van der Waals surface area contributed by atoms with Crippen LogP contribution in [0, 0.1) is 29.2 Å². The second-order valence-corrected chi connectivity index (χ2v) is 7.83. The fourth-order valence-electron chi connectivity index (χ4n) is 3.66. The highest BCUT2D eigenvalue weighted by Gasteiger charge is 2.34. The number of nitrogens with one attached hydrogen (secondary N) is 2. The van der Waals surface area contributed by atoms with Crippen molar-refractivity contribution in [2.24, 2.45) is 5.92 Å². The molecule has 1 aromatic carbocycles. The number of carbonyl (C=O) groups is 1. The van der Waals surface area contributed by atoms with E-state index in [-0.39, 0.29) is 23.5 Å². The number of carbonyl (C=O) groups excluding carboxylic acids is 1. The summed E-state index contributed by atoms with van der Waals surface area (Å²) in [6, 6.07) is 0.0771. The van der Waals surface area contributed by atoms with E-state index in [9.17, 15) is 31.9 Å². The van der Waals surface area contributed by atoms with Crippen molar-refractivity contribution < 1.29 is 22.4 Å². The Morgan fingerprint density at radius 1 is 1.22 bits per heavy atom. The predicted molar refractivity (Wildman–Crippen MR) is 106 cm³/mol. The number of benzene rings is 1. The third-order valence-electron chi connectivity index (χ3n) is 5.46. The summed E-state index contributed by atoms with van der Waals surface area (Å²) in [4.78, 5) is 44.6. The van der Waals surface area contributed by atoms with Gasteiger partial charge in [0.05, 0.1) is 23.4 Å². The Morgan fingerprint density at radius 2 is 1.94 bits per heavy atom. The number of fused-ring (bicyclic) bond motifs is 1. The van der Waals surface area contributed by atoms with Crippen LogP contribution in [0.3, 0.4) is 0 Å². The Hall–Kier alpha value is -3.50. The maximum absolute atomic E-state index is 14.3. The summed E-state index contributed by atoms with van der Waals surface area (Å²) >= 11 is 0. The largest absolute Gasteiger partial charge is 0.346 e. The number of rotatable bonds is 6. The first kappa shape index (κ1) is 21.7. The fraction of sp³-hybridized carbons (Fsp3) is 0.333. The zero-order valence-electron chi connectivity index (χ0n) is 16.8. The van der Waals surface area contributed by atoms with Crippen molar-refractivity contribution in [3.8, 4) is 0 Å². The molecular weight excluding hydrogens is 432 g/mol. The van der Waals surface area contributed by atoms with Gasteiger partial charge in [0.2, 0.25) is 5.91 Å². The number of halogens is 4. The molecule has 0 unspecified atom stereocenters. The molecule has 0 radical (unpaired) electrons. The molecule has 3 aromatic rings. The molecule has 7 nitrogen and oxygen atoms in total. The summed E-state index contributed by atoms with van der Waals surface area (Å²) in [5, 5.41) is 1.79. The van der Waals surface area contributed by atoms with Gasteiger partial charge in [-0.05, 0) is 31.4 Å². The van der Waals surface area contributed by atoms with Crippen molar-refractivity contribution in [3.05, 3.63) is 74.2 Å². The Kier molecular flexibility index (Phi) is 5.57. The summed E-state index contributed by atoms with van der Waals surface area (Å²) in [5.74, 6) is -5.33. The van der Waals surface area contributed by atoms with Crippen LogP contribution >= 0.6 is 0 Å². The molecule has 2 heterocycles. The van der Waals surface area contributed by atoms with E-state index in [1.54, 1.807) is 0 Å². The molecule has 32 heavy (non-hydrogen) atoms. The monoisotopic (exact) mass is 450 g/mol. The van der Waals surface area contributed by atoms with Gasteiger partial charge < -0.3 is 10.3 Å². The average molecular weight is 450 g/mol. The molecule has 0 saturated heterocycles. The topological polar surface area (TPSA) is 96.9 Å². The van der Waals surface area contributed by atoms with Gasteiger partial charge >= 0.3 is 5.69 Å². The van der Waals surface area contributed by atoms with Crippen LogP contribution in [0.25, 0.3) is 10.9 Å². The Balaban J connectivity index is 1.75. The van der Waals surface area contributed by atoms with Crippen molar-refractivity contribution in [1.82, 2.24) is 19.9 Å². The highest BCUT2D eigenvalue weighted by molar-refractivity contribution is 5.82. The van der Waals surface area contributed by atoms with E-state index in [0.717, 1.165) is 31.2 Å². The molecule has 1 fully saturated rings. The van der Waals surface area contributed by atoms with E-state index >= 15 is 0 Å². The van der Waals surface area contributed by atoms with Crippen LogP contribution in [-0.2, 0) is 4.79 Å². The lowest BCUT2D eigenvalue weighted by Crippen LogP contribution is -2.45. The lowest BCUT2D eigenvalue weighted by atomic mass is 10.1. The minimum Gasteiger partial charge on any atom is -0.346 e. The molecule has 4 rings (SSSR count). The molecule has 2 aromatic heterocycles. The minimum absolute atomic E-state index is 0.0566. The summed E-state index contributed by atoms with van der Waals surface area (Å²) in [5.41, 5.74) is -2.56. The molecule has 168 valence electrons. The van der Waals surface area contributed by atoms with Gasteiger partial charge in [-0.1, -0.05) is 12.8 Å². The van der Waals surface area contributed by atoms with E-state index in [1.165, 1.54) is 6.92 Å². The molecule has 11 heteroatoms. The van der Waals surface area contributed by atoms with Crippen LogP contribution in [0.1, 0.15) is 44.0 Å². The average Bonchev–Trinajstić information content (AvgIpc) is 3.53. The van der Waals surface area contributed by atoms with Gasteiger partial charge in [0.1, 0.15) is 23.1 Å². The van der Waals surface area contributed by atoms with Gasteiger partial charge in [-0.3, -0.25) is 14.6 Å². The van der Waals surface area contributed by atoms with E-state index in [2.05, 4.69) is 15.3 Å². The molecule has 1 aliphatic carbocycles. The lowest BCUT2D eigenvalue weighted by Gasteiger charge is -2.22. The second kappa shape index (κ2) is 8.21. The van der Waals surface area contributed by atoms with Crippen molar-refractivity contribution in [2.45, 2.75) is 38.3 Å². The number of nitrogens with zero attached hydrogens (tertiary/aromatic N) is 2. The maximum Gasteiger partial charge on any atom is 0.329 e. The number of aromatic nitrogens is 3. The molecule has 1 aliphatic rings. The van der Waals surface area contributed by atoms with Crippen molar-refractivity contribution in [1.29, 1.82) is 0 Å². The molecular formula is C21H18F4N4O3. The number of pyridine rings is 1. The smallest absolute Gasteiger partial charge is 0.329 e. The minimum atomic E-state index is -1.44. The van der Waals surface area contributed by atoms with Crippen molar-refractivity contribution in [2.75, 3.05) is 0 Å². The predicted octanol–water partition coefficient (Wildman–Crippen LogP) is 2.86. The van der Waals surface area contributed by atoms with E-state index < -0.39 is 57.9 Å². The zero-order valence-corrected chi connectivity index (χ0v) is 16.8. The first-order chi connectivity index (χ1) is 15.2. The van der Waals surface area contributed by atoms with Crippen LogP contribution in [0.15, 0.2) is 34.0 Å². The molecule has 0 bridgehead atoms. The summed E-state index contributed by atoms with van der Waals surface area (Å²) in [6.45, 7) is 1.40. The molecule has 1 saturated carbocycles. The normalized spacial score (nSPS) is 15.5. The van der Waals surface area contributed by atoms with Gasteiger partial charge in [0.25, 0.3) is 5.56 Å². The lowest BCUT2D eigenvalue weighted by molar-refractivity contribution is -0.125. The van der Waals surface area contributed by atoms with Gasteiger partial charge in [-0.25, -0.2) is 26.9 Å². The highest BCUT2D eigenvalue weighted by atomic mass is 19.2. The summed E-state index contributed by atoms with van der Waals surface area (Å²) < 4.78 is 55.8. The van der Waals surface area contributed by atoms with Crippen LogP contribution in [0.2, 0.25) is 0 Å². The molecule has 0 aliphatic heterocycles. The van der Waals surface area contributed by atoms with Crippen LogP contribution in [-0.4, -0.2) is 20.4 Å². The fourth-order valence-corrected chi connectivity index (χ4v) is 3.66. The third kappa shape index (κ3) is 4.02. The molecule has 0 spiro atoms. The van der Waals surface area contributed by atoms with Gasteiger partial charge in [0.15, 0.2) is 11.6 Å². The zero-order chi connectivity index (χ0) is 23.2. The number of hydrogen-bond acceptors (Lipinski definition) is 4. The first-order valence-corrected chi connectivity index (χ1v) is 9.91. The Labute approximate surface area is 178 Å². The van der Waals surface area contributed by atoms with Crippen LogP contribution in [0.4, 0.5) is 17.6 Å². The Morgan fingerprint density at radius 3 is 2.59 bits per heavy atom. The SMILES string of the molecule is C[C@H](NC(=O)[C@H](CC1CC1)n1c(=O)[nH]c2ccc(F)c(F)c2c1=O)c1ncc(F)cc1F. The first-order valence-electron chi connectivity index (χ1n) is 9.91. The maximum atomic E-state index is 14.3. The highest BCUT2D eigenvalue weighted by Crippen LogP contribution is 2.36. The number of hydrogen-bond donors (Lipinski definition) is 2. The second-order valence-electron chi connectivity index (χ2n) is 7.83. The van der Waals surface area contributed by atoms with Crippen LogP contribution in [0.5, 0.6) is 0 Å². The molecule has 2 N–H and O–H groups in total. The standard InChI is InChI=1S/C21H18F4N4O3/c1-9(18-13(24)7-11(22)8-26-18)27-19(30)15(6-10-2-3-10)29-20(31)16-14(28-21(29)32)5-4-12(23)17(16)25/h4-5,7-10,15H,2-3,6H2,1H3,(H,27,30)(H,28,32)/t9-,15-/m0/s1. The van der Waals surface area contributed by atoms with E-state index in [0.29, 0.717) is 10.6 Å². The van der Waals surface area contributed by atoms with Gasteiger partial charge in [-0.15, -0.1) is 0 Å². The number of aromatic amines is 1. The van der Waals surface area contributed by atoms with Gasteiger partial charge in [0, 0.05) is 6.07 Å². The Bertz CT molecular complexity index is 1330.